The Bertz CT molecular complexity index is 478. The highest BCUT2D eigenvalue weighted by Gasteiger charge is 2.22. The molecule has 0 spiro atoms. The Kier molecular flexibility index (Phi) is 6.16. The fraction of sp³-hybridized carbons (Fsp3) is 0.611. The van der Waals surface area contributed by atoms with E-state index in [0.717, 1.165) is 5.56 Å². The molecule has 0 amide bonds. The molecule has 0 saturated heterocycles. The second kappa shape index (κ2) is 7.88. The van der Waals surface area contributed by atoms with Crippen LogP contribution in [0.4, 0.5) is 0 Å². The monoisotopic (exact) mass is 306 g/mol. The highest BCUT2D eigenvalue weighted by Crippen LogP contribution is 2.36. The van der Waals surface area contributed by atoms with Crippen LogP contribution < -0.4 is 0 Å². The fourth-order valence-electron chi connectivity index (χ4n) is 3.17. The molecule has 0 aromatic heterocycles. The standard InChI is InChI=1S/C18H26O2S/c1-4-20-18(19)13(2)16-11-10-15(12-17(16)21-3)14-8-6-5-7-9-14/h10-14H,4-9H2,1-3H3. The summed E-state index contributed by atoms with van der Waals surface area (Å²) in [5.41, 5.74) is 2.54. The second-order valence-corrected chi connectivity index (χ2v) is 6.66. The first-order valence-electron chi connectivity index (χ1n) is 8.01. The van der Waals surface area contributed by atoms with Crippen molar-refractivity contribution in [1.82, 2.24) is 0 Å². The summed E-state index contributed by atoms with van der Waals surface area (Å²) in [6.45, 7) is 4.23. The predicted molar refractivity (Wildman–Crippen MR) is 89.1 cm³/mol. The zero-order valence-electron chi connectivity index (χ0n) is 13.4. The van der Waals surface area contributed by atoms with Gasteiger partial charge in [-0.2, -0.15) is 0 Å². The maximum absolute atomic E-state index is 12.0. The molecule has 0 bridgehead atoms. The van der Waals surface area contributed by atoms with Crippen LogP contribution in [0.15, 0.2) is 23.1 Å². The van der Waals surface area contributed by atoms with Gasteiger partial charge in [-0.1, -0.05) is 31.4 Å². The molecule has 1 aliphatic carbocycles. The second-order valence-electron chi connectivity index (χ2n) is 5.81. The van der Waals surface area contributed by atoms with Crippen molar-refractivity contribution < 1.29 is 9.53 Å². The summed E-state index contributed by atoms with van der Waals surface area (Å²) in [7, 11) is 0. The number of rotatable bonds is 5. The first-order chi connectivity index (χ1) is 10.2. The first kappa shape index (κ1) is 16.4. The number of hydrogen-bond donors (Lipinski definition) is 0. The number of carbonyl (C=O) groups is 1. The van der Waals surface area contributed by atoms with E-state index in [4.69, 9.17) is 4.74 Å². The molecule has 0 radical (unpaired) electrons. The van der Waals surface area contributed by atoms with Crippen molar-refractivity contribution in [3.8, 4) is 0 Å². The Morgan fingerprint density at radius 1 is 1.33 bits per heavy atom. The summed E-state index contributed by atoms with van der Waals surface area (Å²) in [5, 5.41) is 0. The van der Waals surface area contributed by atoms with Crippen molar-refractivity contribution in [2.45, 2.75) is 62.7 Å². The van der Waals surface area contributed by atoms with Crippen LogP contribution in [0.2, 0.25) is 0 Å². The molecule has 1 fully saturated rings. The summed E-state index contributed by atoms with van der Waals surface area (Å²) < 4.78 is 5.16. The van der Waals surface area contributed by atoms with Gasteiger partial charge >= 0.3 is 5.97 Å². The third-order valence-corrected chi connectivity index (χ3v) is 5.23. The van der Waals surface area contributed by atoms with Crippen LogP contribution in [0.25, 0.3) is 0 Å². The lowest BCUT2D eigenvalue weighted by Gasteiger charge is -2.23. The lowest BCUT2D eigenvalue weighted by atomic mass is 9.83. The minimum absolute atomic E-state index is 0.127. The Hall–Kier alpha value is -0.960. The van der Waals surface area contributed by atoms with E-state index in [1.807, 2.05) is 13.8 Å². The molecule has 3 heteroatoms. The van der Waals surface area contributed by atoms with Crippen molar-refractivity contribution in [2.75, 3.05) is 12.9 Å². The van der Waals surface area contributed by atoms with E-state index in [1.165, 1.54) is 42.6 Å². The van der Waals surface area contributed by atoms with Gasteiger partial charge in [0.1, 0.15) is 0 Å². The van der Waals surface area contributed by atoms with E-state index < -0.39 is 0 Å². The smallest absolute Gasteiger partial charge is 0.313 e. The predicted octanol–water partition coefficient (Wildman–Crippen LogP) is 5.12. The van der Waals surface area contributed by atoms with Crippen molar-refractivity contribution in [1.29, 1.82) is 0 Å². The van der Waals surface area contributed by atoms with Crippen LogP contribution >= 0.6 is 11.8 Å². The Balaban J connectivity index is 2.21. The van der Waals surface area contributed by atoms with Crippen molar-refractivity contribution in [2.24, 2.45) is 0 Å². The average Bonchev–Trinajstić information content (AvgIpc) is 2.54. The number of benzene rings is 1. The molecule has 1 unspecified atom stereocenters. The zero-order valence-corrected chi connectivity index (χ0v) is 14.2. The Morgan fingerprint density at radius 3 is 2.67 bits per heavy atom. The maximum atomic E-state index is 12.0. The number of thioether (sulfide) groups is 1. The molecular formula is C18H26O2S. The van der Waals surface area contributed by atoms with Gasteiger partial charge in [-0.25, -0.2) is 0 Å². The molecule has 1 aromatic carbocycles. The van der Waals surface area contributed by atoms with Crippen LogP contribution in [0.5, 0.6) is 0 Å². The highest BCUT2D eigenvalue weighted by molar-refractivity contribution is 7.98. The molecule has 0 heterocycles. The van der Waals surface area contributed by atoms with Crippen LogP contribution in [0.1, 0.15) is 68.9 Å². The summed E-state index contributed by atoms with van der Waals surface area (Å²) in [5.74, 6) is 0.391. The zero-order chi connectivity index (χ0) is 15.2. The number of esters is 1. The SMILES string of the molecule is CCOC(=O)C(C)c1ccc(C2CCCCC2)cc1SC. The molecule has 2 nitrogen and oxygen atoms in total. The van der Waals surface area contributed by atoms with Crippen LogP contribution in [-0.2, 0) is 9.53 Å². The highest BCUT2D eigenvalue weighted by atomic mass is 32.2. The van der Waals surface area contributed by atoms with E-state index in [9.17, 15) is 4.79 Å². The van der Waals surface area contributed by atoms with Gasteiger partial charge in [-0.15, -0.1) is 11.8 Å². The van der Waals surface area contributed by atoms with E-state index in [2.05, 4.69) is 24.5 Å². The molecular weight excluding hydrogens is 280 g/mol. The van der Waals surface area contributed by atoms with Gasteiger partial charge in [0.2, 0.25) is 0 Å². The molecule has 1 atom stereocenters. The molecule has 21 heavy (non-hydrogen) atoms. The van der Waals surface area contributed by atoms with Gasteiger partial charge in [-0.05, 0) is 56.1 Å². The number of hydrogen-bond acceptors (Lipinski definition) is 3. The lowest BCUT2D eigenvalue weighted by Crippen LogP contribution is -2.14. The van der Waals surface area contributed by atoms with Crippen molar-refractivity contribution in [3.63, 3.8) is 0 Å². The molecule has 1 aliphatic rings. The minimum Gasteiger partial charge on any atom is -0.466 e. The third-order valence-electron chi connectivity index (χ3n) is 4.44. The van der Waals surface area contributed by atoms with Gasteiger partial charge in [0.15, 0.2) is 0 Å². The molecule has 1 saturated carbocycles. The summed E-state index contributed by atoms with van der Waals surface area (Å²) in [6.07, 6.45) is 8.77. The average molecular weight is 306 g/mol. The Morgan fingerprint density at radius 2 is 2.05 bits per heavy atom. The molecule has 1 aromatic rings. The van der Waals surface area contributed by atoms with Gasteiger partial charge in [0.25, 0.3) is 0 Å². The minimum atomic E-state index is -0.187. The first-order valence-corrected chi connectivity index (χ1v) is 9.24. The normalized spacial score (nSPS) is 17.5. The molecule has 116 valence electrons. The summed E-state index contributed by atoms with van der Waals surface area (Å²) >= 11 is 1.73. The van der Waals surface area contributed by atoms with Crippen molar-refractivity contribution in [3.05, 3.63) is 29.3 Å². The van der Waals surface area contributed by atoms with Crippen molar-refractivity contribution >= 4 is 17.7 Å². The largest absolute Gasteiger partial charge is 0.466 e. The third kappa shape index (κ3) is 4.03. The Labute approximate surface area is 132 Å². The molecule has 0 aliphatic heterocycles. The van der Waals surface area contributed by atoms with Gasteiger partial charge in [0, 0.05) is 4.90 Å². The van der Waals surface area contributed by atoms with E-state index >= 15 is 0 Å². The summed E-state index contributed by atoms with van der Waals surface area (Å²) in [4.78, 5) is 13.2. The topological polar surface area (TPSA) is 26.3 Å². The fourth-order valence-corrected chi connectivity index (χ4v) is 3.90. The van der Waals surface area contributed by atoms with Crippen LogP contribution in [-0.4, -0.2) is 18.8 Å². The lowest BCUT2D eigenvalue weighted by molar-refractivity contribution is -0.144. The van der Waals surface area contributed by atoms with E-state index in [-0.39, 0.29) is 11.9 Å². The van der Waals surface area contributed by atoms with Crippen LogP contribution in [0.3, 0.4) is 0 Å². The number of carbonyl (C=O) groups excluding carboxylic acids is 1. The van der Waals surface area contributed by atoms with Gasteiger partial charge < -0.3 is 4.74 Å². The van der Waals surface area contributed by atoms with Crippen LogP contribution in [0, 0.1) is 0 Å². The maximum Gasteiger partial charge on any atom is 0.313 e. The van der Waals surface area contributed by atoms with E-state index in [1.54, 1.807) is 11.8 Å². The quantitative estimate of drug-likeness (QED) is 0.557. The summed E-state index contributed by atoms with van der Waals surface area (Å²) in [6, 6.07) is 6.66. The van der Waals surface area contributed by atoms with Gasteiger partial charge in [-0.3, -0.25) is 4.79 Å². The van der Waals surface area contributed by atoms with E-state index in [0.29, 0.717) is 12.5 Å². The van der Waals surface area contributed by atoms with Gasteiger partial charge in [0.05, 0.1) is 12.5 Å². The molecule has 0 N–H and O–H groups in total. The number of ether oxygens (including phenoxy) is 1. The molecule has 2 rings (SSSR count).